The summed E-state index contributed by atoms with van der Waals surface area (Å²) in [5.74, 6) is 0. The highest BCUT2D eigenvalue weighted by Crippen LogP contribution is 2.32. The highest BCUT2D eigenvalue weighted by molar-refractivity contribution is 7.92. The second-order valence-electron chi connectivity index (χ2n) is 8.74. The van der Waals surface area contributed by atoms with E-state index >= 15 is 0 Å². The Hall–Kier alpha value is -2.18. The zero-order chi connectivity index (χ0) is 22.2. The number of rotatable bonds is 5. The van der Waals surface area contributed by atoms with E-state index in [9.17, 15) is 8.42 Å². The van der Waals surface area contributed by atoms with Crippen LogP contribution in [0.4, 0.5) is 5.13 Å². The van der Waals surface area contributed by atoms with Crippen LogP contribution in [0.2, 0.25) is 0 Å². The van der Waals surface area contributed by atoms with Gasteiger partial charge in [-0.25, -0.2) is 13.4 Å². The van der Waals surface area contributed by atoms with Gasteiger partial charge in [-0.3, -0.25) is 0 Å². The fourth-order valence-electron chi connectivity index (χ4n) is 4.58. The first kappa shape index (κ1) is 22.0. The average molecular weight is 455 g/mol. The number of hydrogen-bond acceptors (Lipinski definition) is 5. The number of thiazole rings is 1. The second kappa shape index (κ2) is 8.75. The lowest BCUT2D eigenvalue weighted by Crippen LogP contribution is -2.39. The summed E-state index contributed by atoms with van der Waals surface area (Å²) >= 11 is 1.66. The van der Waals surface area contributed by atoms with Gasteiger partial charge in [0.05, 0.1) is 15.8 Å². The van der Waals surface area contributed by atoms with Crippen molar-refractivity contribution in [2.75, 3.05) is 18.0 Å². The molecule has 1 aliphatic heterocycles. The third-order valence-electron chi connectivity index (χ3n) is 6.09. The van der Waals surface area contributed by atoms with Gasteiger partial charge in [0.2, 0.25) is 0 Å². The van der Waals surface area contributed by atoms with E-state index in [1.54, 1.807) is 11.3 Å². The molecule has 0 saturated carbocycles. The van der Waals surface area contributed by atoms with E-state index in [1.807, 2.05) is 32.9 Å². The molecule has 1 fully saturated rings. The van der Waals surface area contributed by atoms with E-state index in [0.29, 0.717) is 17.7 Å². The Morgan fingerprint density at radius 3 is 2.19 bits per heavy atom. The summed E-state index contributed by atoms with van der Waals surface area (Å²) in [5, 5.41) is 2.80. The van der Waals surface area contributed by atoms with Gasteiger partial charge >= 0.3 is 0 Å². The Morgan fingerprint density at radius 1 is 0.968 bits per heavy atom. The van der Waals surface area contributed by atoms with Gasteiger partial charge in [0, 0.05) is 24.9 Å². The van der Waals surface area contributed by atoms with Crippen molar-refractivity contribution in [1.82, 2.24) is 4.98 Å². The number of sulfone groups is 1. The summed E-state index contributed by atoms with van der Waals surface area (Å²) in [6, 6.07) is 12.5. The first-order valence-corrected chi connectivity index (χ1v) is 13.2. The molecule has 31 heavy (non-hydrogen) atoms. The molecule has 0 aliphatic carbocycles. The molecule has 0 bridgehead atoms. The summed E-state index contributed by atoms with van der Waals surface area (Å²) in [7, 11) is -3.33. The lowest BCUT2D eigenvalue weighted by Gasteiger charge is -2.32. The predicted octanol–water partition coefficient (Wildman–Crippen LogP) is 5.41. The zero-order valence-corrected chi connectivity index (χ0v) is 20.3. The molecule has 4 rings (SSSR count). The molecule has 1 aromatic heterocycles. The van der Waals surface area contributed by atoms with Crippen molar-refractivity contribution >= 4 is 26.3 Å². The largest absolute Gasteiger partial charge is 0.348 e. The first-order valence-electron chi connectivity index (χ1n) is 10.8. The molecule has 0 N–H and O–H groups in total. The molecule has 0 unspecified atom stereocenters. The minimum Gasteiger partial charge on any atom is -0.348 e. The van der Waals surface area contributed by atoms with Gasteiger partial charge < -0.3 is 4.90 Å². The Bertz CT molecular complexity index is 1150. The van der Waals surface area contributed by atoms with E-state index in [0.717, 1.165) is 47.0 Å². The van der Waals surface area contributed by atoms with Crippen LogP contribution in [-0.2, 0) is 16.3 Å². The highest BCUT2D eigenvalue weighted by atomic mass is 32.2. The molecule has 1 saturated heterocycles. The van der Waals surface area contributed by atoms with Crippen molar-refractivity contribution in [2.45, 2.75) is 57.1 Å². The maximum absolute atomic E-state index is 13.4. The van der Waals surface area contributed by atoms with Crippen LogP contribution in [0.5, 0.6) is 0 Å². The molecule has 2 aromatic carbocycles. The second-order valence-corrected chi connectivity index (χ2v) is 11.7. The van der Waals surface area contributed by atoms with Crippen LogP contribution in [0.25, 0.3) is 0 Å². The van der Waals surface area contributed by atoms with Gasteiger partial charge in [0.25, 0.3) is 0 Å². The highest BCUT2D eigenvalue weighted by Gasteiger charge is 2.34. The van der Waals surface area contributed by atoms with Gasteiger partial charge in [-0.15, -0.1) is 11.3 Å². The topological polar surface area (TPSA) is 50.3 Å². The number of aryl methyl sites for hydroxylation is 4. The van der Waals surface area contributed by atoms with Gasteiger partial charge in [0.1, 0.15) is 0 Å². The standard InChI is InChI=1S/C25H30N2O2S2/c1-17-5-7-21(8-6-17)15-22-16-30-25(26-22)27-11-9-23(10-12-27)31(28,29)24-19(3)13-18(2)14-20(24)4/h5-8,13-14,16,23H,9-12,15H2,1-4H3. The van der Waals surface area contributed by atoms with Crippen molar-refractivity contribution < 1.29 is 8.42 Å². The molecule has 164 valence electrons. The number of piperidine rings is 1. The van der Waals surface area contributed by atoms with Crippen LogP contribution < -0.4 is 4.90 Å². The van der Waals surface area contributed by atoms with Crippen LogP contribution in [0.3, 0.4) is 0 Å². The van der Waals surface area contributed by atoms with Crippen LogP contribution >= 0.6 is 11.3 Å². The quantitative estimate of drug-likeness (QED) is 0.517. The average Bonchev–Trinajstić information content (AvgIpc) is 3.17. The molecule has 2 heterocycles. The van der Waals surface area contributed by atoms with E-state index in [4.69, 9.17) is 4.98 Å². The number of nitrogens with zero attached hydrogens (tertiary/aromatic N) is 2. The third-order valence-corrected chi connectivity index (χ3v) is 9.60. The van der Waals surface area contributed by atoms with Gasteiger partial charge in [-0.05, 0) is 57.2 Å². The van der Waals surface area contributed by atoms with Crippen LogP contribution in [0, 0.1) is 27.7 Å². The molecule has 0 atom stereocenters. The zero-order valence-electron chi connectivity index (χ0n) is 18.7. The molecule has 0 amide bonds. The van der Waals surface area contributed by atoms with E-state index in [-0.39, 0.29) is 5.25 Å². The molecule has 3 aromatic rings. The number of aromatic nitrogens is 1. The van der Waals surface area contributed by atoms with Gasteiger partial charge in [-0.1, -0.05) is 47.5 Å². The number of hydrogen-bond donors (Lipinski definition) is 0. The van der Waals surface area contributed by atoms with Crippen LogP contribution in [0.15, 0.2) is 46.7 Å². The molecular weight excluding hydrogens is 424 g/mol. The normalized spacial score (nSPS) is 15.4. The third kappa shape index (κ3) is 4.70. The molecule has 0 spiro atoms. The van der Waals surface area contributed by atoms with E-state index < -0.39 is 9.84 Å². The van der Waals surface area contributed by atoms with Gasteiger partial charge in [0.15, 0.2) is 15.0 Å². The lowest BCUT2D eigenvalue weighted by molar-refractivity contribution is 0.528. The predicted molar refractivity (Wildman–Crippen MR) is 129 cm³/mol. The SMILES string of the molecule is Cc1ccc(Cc2csc(N3CCC(S(=O)(=O)c4c(C)cc(C)cc4C)CC3)n2)cc1. The minimum absolute atomic E-state index is 0.323. The Morgan fingerprint density at radius 2 is 1.58 bits per heavy atom. The minimum atomic E-state index is -3.33. The smallest absolute Gasteiger partial charge is 0.185 e. The molecular formula is C25H30N2O2S2. The number of benzene rings is 2. The molecule has 6 heteroatoms. The molecule has 4 nitrogen and oxygen atoms in total. The molecule has 0 radical (unpaired) electrons. The summed E-state index contributed by atoms with van der Waals surface area (Å²) in [4.78, 5) is 7.60. The van der Waals surface area contributed by atoms with E-state index in [1.165, 1.54) is 11.1 Å². The summed E-state index contributed by atoms with van der Waals surface area (Å²) in [5.41, 5.74) is 6.42. The molecule has 1 aliphatic rings. The Balaban J connectivity index is 1.43. The monoisotopic (exact) mass is 454 g/mol. The fraction of sp³-hybridized carbons (Fsp3) is 0.400. The summed E-state index contributed by atoms with van der Waals surface area (Å²) in [6.07, 6.45) is 2.11. The maximum atomic E-state index is 13.4. The van der Waals surface area contributed by atoms with Crippen molar-refractivity contribution in [3.8, 4) is 0 Å². The van der Waals surface area contributed by atoms with Crippen molar-refractivity contribution in [2.24, 2.45) is 0 Å². The van der Waals surface area contributed by atoms with Crippen molar-refractivity contribution in [3.05, 3.63) is 75.3 Å². The van der Waals surface area contributed by atoms with Crippen molar-refractivity contribution in [3.63, 3.8) is 0 Å². The Labute approximate surface area is 189 Å². The number of anilines is 1. The van der Waals surface area contributed by atoms with Crippen molar-refractivity contribution in [1.29, 1.82) is 0 Å². The summed E-state index contributed by atoms with van der Waals surface area (Å²) < 4.78 is 26.8. The fourth-order valence-corrected chi connectivity index (χ4v) is 7.64. The summed E-state index contributed by atoms with van der Waals surface area (Å²) in [6.45, 7) is 9.38. The van der Waals surface area contributed by atoms with E-state index in [2.05, 4.69) is 41.5 Å². The van der Waals surface area contributed by atoms with Crippen LogP contribution in [-0.4, -0.2) is 31.7 Å². The Kier molecular flexibility index (Phi) is 6.22. The van der Waals surface area contributed by atoms with Crippen LogP contribution in [0.1, 0.15) is 46.4 Å². The maximum Gasteiger partial charge on any atom is 0.185 e. The van der Waals surface area contributed by atoms with Gasteiger partial charge in [-0.2, -0.15) is 0 Å². The lowest BCUT2D eigenvalue weighted by atomic mass is 10.1. The first-order chi connectivity index (χ1) is 14.7.